The average Bonchev–Trinajstić information content (AvgIpc) is 2.79. The summed E-state index contributed by atoms with van der Waals surface area (Å²) >= 11 is 0. The van der Waals surface area contributed by atoms with E-state index >= 15 is 0 Å². The molecule has 7 heteroatoms. The van der Waals surface area contributed by atoms with E-state index in [1.807, 2.05) is 24.3 Å². The number of carbonyl (C=O) groups is 2. The molecule has 0 radical (unpaired) electrons. The minimum atomic E-state index is -1.14. The number of anilines is 1. The number of carboxylic acid groups (broad SMARTS) is 1. The smallest absolute Gasteiger partial charge is 0.371 e. The van der Waals surface area contributed by atoms with Crippen LogP contribution in [0.4, 0.5) is 10.5 Å². The number of ether oxygens (including phenoxy) is 1. The summed E-state index contributed by atoms with van der Waals surface area (Å²) in [6.45, 7) is 2.85. The van der Waals surface area contributed by atoms with Crippen LogP contribution < -0.4 is 10.2 Å². The quantitative estimate of drug-likeness (QED) is 0.302. The molecule has 0 saturated carbocycles. The molecule has 1 aromatic carbocycles. The predicted octanol–water partition coefficient (Wildman–Crippen LogP) is 4.94. The molecule has 31 heavy (non-hydrogen) atoms. The Kier molecular flexibility index (Phi) is 9.55. The fourth-order valence-corrected chi connectivity index (χ4v) is 3.05. The van der Waals surface area contributed by atoms with E-state index in [2.05, 4.69) is 17.2 Å². The highest BCUT2D eigenvalue weighted by atomic mass is 16.5. The van der Waals surface area contributed by atoms with Crippen LogP contribution in [0.25, 0.3) is 17.3 Å². The van der Waals surface area contributed by atoms with E-state index in [0.717, 1.165) is 29.8 Å². The third-order valence-electron chi connectivity index (χ3n) is 4.91. The van der Waals surface area contributed by atoms with E-state index in [1.54, 1.807) is 30.3 Å². The molecule has 7 nitrogen and oxygen atoms in total. The molecule has 0 aliphatic rings. The second kappa shape index (κ2) is 12.4. The molecule has 2 aromatic rings. The number of benzene rings is 1. The van der Waals surface area contributed by atoms with Crippen molar-refractivity contribution in [3.63, 3.8) is 0 Å². The number of aliphatic carboxylic acids is 1. The molecule has 2 amide bonds. The third kappa shape index (κ3) is 7.44. The van der Waals surface area contributed by atoms with Gasteiger partial charge >= 0.3 is 12.0 Å². The van der Waals surface area contributed by atoms with Crippen molar-refractivity contribution in [2.75, 3.05) is 25.6 Å². The van der Waals surface area contributed by atoms with Crippen molar-refractivity contribution in [1.29, 1.82) is 0 Å². The molecule has 0 atom stereocenters. The predicted molar refractivity (Wildman–Crippen MR) is 123 cm³/mol. The largest absolute Gasteiger partial charge is 0.490 e. The van der Waals surface area contributed by atoms with Crippen LogP contribution in [0.3, 0.4) is 0 Å². The summed E-state index contributed by atoms with van der Waals surface area (Å²) in [6, 6.07) is 11.0. The number of methoxy groups -OCH3 is 1. The number of unbranched alkanes of at least 4 members (excludes halogenated alkanes) is 4. The standard InChI is InChI=1S/C24H31N3O4/c1-4-5-6-7-8-14-25-24(30)27(2)20-11-9-10-19(16-20)21-13-12-18(17-26-21)15-22(31-3)23(28)29/h9-13,15-17H,4-8,14H2,1-3H3,(H,25,30)(H,28,29)/b22-15+. The molecular weight excluding hydrogens is 394 g/mol. The van der Waals surface area contributed by atoms with Gasteiger partial charge in [0.15, 0.2) is 0 Å². The lowest BCUT2D eigenvalue weighted by atomic mass is 10.1. The Bertz CT molecular complexity index is 894. The molecule has 166 valence electrons. The molecular formula is C24H31N3O4. The summed E-state index contributed by atoms with van der Waals surface area (Å²) in [5.74, 6) is -1.30. The molecule has 0 aliphatic heterocycles. The second-order valence-electron chi connectivity index (χ2n) is 7.25. The summed E-state index contributed by atoms with van der Waals surface area (Å²) < 4.78 is 4.84. The summed E-state index contributed by atoms with van der Waals surface area (Å²) in [7, 11) is 3.05. The first-order chi connectivity index (χ1) is 15.0. The zero-order valence-electron chi connectivity index (χ0n) is 18.4. The van der Waals surface area contributed by atoms with E-state index in [4.69, 9.17) is 9.84 Å². The van der Waals surface area contributed by atoms with Crippen molar-refractivity contribution in [2.45, 2.75) is 39.0 Å². The molecule has 0 fully saturated rings. The molecule has 1 heterocycles. The van der Waals surface area contributed by atoms with Gasteiger partial charge in [-0.3, -0.25) is 9.88 Å². The number of amides is 2. The topological polar surface area (TPSA) is 91.8 Å². The zero-order valence-corrected chi connectivity index (χ0v) is 18.4. The first-order valence-corrected chi connectivity index (χ1v) is 10.5. The van der Waals surface area contributed by atoms with Gasteiger partial charge in [0.1, 0.15) is 0 Å². The summed E-state index contributed by atoms with van der Waals surface area (Å²) in [5.41, 5.74) is 2.96. The van der Waals surface area contributed by atoms with Crippen LogP contribution >= 0.6 is 0 Å². The zero-order chi connectivity index (χ0) is 22.6. The Morgan fingerprint density at radius 2 is 1.94 bits per heavy atom. The van der Waals surface area contributed by atoms with E-state index in [0.29, 0.717) is 12.1 Å². The van der Waals surface area contributed by atoms with E-state index in [-0.39, 0.29) is 11.8 Å². The minimum absolute atomic E-state index is 0.137. The molecule has 2 N–H and O–H groups in total. The Hall–Kier alpha value is -3.35. The highest BCUT2D eigenvalue weighted by molar-refractivity contribution is 5.92. The molecule has 0 aliphatic carbocycles. The molecule has 2 rings (SSSR count). The SMILES string of the molecule is CCCCCCCNC(=O)N(C)c1cccc(-c2ccc(/C=C(/OC)C(=O)O)cn2)c1. The van der Waals surface area contributed by atoms with Crippen molar-refractivity contribution in [1.82, 2.24) is 10.3 Å². The van der Waals surface area contributed by atoms with Crippen LogP contribution in [0.2, 0.25) is 0 Å². The van der Waals surface area contributed by atoms with Crippen molar-refractivity contribution < 1.29 is 19.4 Å². The highest BCUT2D eigenvalue weighted by Crippen LogP contribution is 2.23. The number of urea groups is 1. The van der Waals surface area contributed by atoms with Gasteiger partial charge in [-0.15, -0.1) is 0 Å². The molecule has 1 aromatic heterocycles. The Labute approximate surface area is 183 Å². The number of rotatable bonds is 11. The molecule has 0 spiro atoms. The Morgan fingerprint density at radius 3 is 2.58 bits per heavy atom. The number of hydrogen-bond acceptors (Lipinski definition) is 4. The fourth-order valence-electron chi connectivity index (χ4n) is 3.05. The van der Waals surface area contributed by atoms with E-state index in [1.165, 1.54) is 32.4 Å². The van der Waals surface area contributed by atoms with Gasteiger partial charge in [-0.25, -0.2) is 9.59 Å². The fraction of sp³-hybridized carbons (Fsp3) is 0.375. The number of nitrogens with zero attached hydrogens (tertiary/aromatic N) is 2. The molecule has 0 unspecified atom stereocenters. The van der Waals surface area contributed by atoms with Crippen LogP contribution in [0.5, 0.6) is 0 Å². The second-order valence-corrected chi connectivity index (χ2v) is 7.25. The summed E-state index contributed by atoms with van der Waals surface area (Å²) in [6.07, 6.45) is 8.75. The van der Waals surface area contributed by atoms with Crippen molar-refractivity contribution in [3.05, 3.63) is 53.9 Å². The monoisotopic (exact) mass is 425 g/mol. The van der Waals surface area contributed by atoms with E-state index < -0.39 is 5.97 Å². The maximum Gasteiger partial charge on any atom is 0.371 e. The normalized spacial score (nSPS) is 11.1. The van der Waals surface area contributed by atoms with Crippen molar-refractivity contribution in [2.24, 2.45) is 0 Å². The first-order valence-electron chi connectivity index (χ1n) is 10.5. The van der Waals surface area contributed by atoms with Crippen LogP contribution in [0, 0.1) is 0 Å². The number of pyridine rings is 1. The molecule has 0 bridgehead atoms. The van der Waals surface area contributed by atoms with Crippen molar-refractivity contribution >= 4 is 23.8 Å². The number of hydrogen-bond donors (Lipinski definition) is 2. The van der Waals surface area contributed by atoms with Crippen LogP contribution in [-0.2, 0) is 9.53 Å². The Balaban J connectivity index is 2.02. The van der Waals surface area contributed by atoms with Crippen LogP contribution in [0.1, 0.15) is 44.6 Å². The minimum Gasteiger partial charge on any atom is -0.490 e. The first kappa shape index (κ1) is 23.9. The van der Waals surface area contributed by atoms with Gasteiger partial charge in [0, 0.05) is 31.0 Å². The lowest BCUT2D eigenvalue weighted by Gasteiger charge is -2.19. The lowest BCUT2D eigenvalue weighted by molar-refractivity contribution is -0.135. The maximum absolute atomic E-state index is 12.4. The van der Waals surface area contributed by atoms with Gasteiger partial charge in [0.25, 0.3) is 0 Å². The van der Waals surface area contributed by atoms with Crippen LogP contribution in [0.15, 0.2) is 48.4 Å². The van der Waals surface area contributed by atoms with Gasteiger partial charge in [0.05, 0.1) is 12.8 Å². The van der Waals surface area contributed by atoms with Crippen molar-refractivity contribution in [3.8, 4) is 11.3 Å². The average molecular weight is 426 g/mol. The van der Waals surface area contributed by atoms with Gasteiger partial charge in [-0.2, -0.15) is 0 Å². The molecule has 0 saturated heterocycles. The number of carbonyl (C=O) groups excluding carboxylic acids is 1. The highest BCUT2D eigenvalue weighted by Gasteiger charge is 2.12. The number of nitrogens with one attached hydrogen (secondary N) is 1. The van der Waals surface area contributed by atoms with Gasteiger partial charge < -0.3 is 15.2 Å². The van der Waals surface area contributed by atoms with Gasteiger partial charge in [-0.1, -0.05) is 50.8 Å². The van der Waals surface area contributed by atoms with Gasteiger partial charge in [0.2, 0.25) is 5.76 Å². The van der Waals surface area contributed by atoms with E-state index in [9.17, 15) is 9.59 Å². The maximum atomic E-state index is 12.4. The number of aromatic nitrogens is 1. The lowest BCUT2D eigenvalue weighted by Crippen LogP contribution is -2.37. The van der Waals surface area contributed by atoms with Gasteiger partial charge in [-0.05, 0) is 36.3 Å². The third-order valence-corrected chi connectivity index (χ3v) is 4.91. The summed E-state index contributed by atoms with van der Waals surface area (Å²) in [5, 5.41) is 12.0. The Morgan fingerprint density at radius 1 is 1.16 bits per heavy atom. The van der Waals surface area contributed by atoms with Crippen LogP contribution in [-0.4, -0.2) is 42.8 Å². The number of carboxylic acids is 1. The summed E-state index contributed by atoms with van der Waals surface area (Å²) in [4.78, 5) is 29.5.